The summed E-state index contributed by atoms with van der Waals surface area (Å²) in [5.41, 5.74) is 1.11. The summed E-state index contributed by atoms with van der Waals surface area (Å²) < 4.78 is 0. The van der Waals surface area contributed by atoms with Gasteiger partial charge in [0.2, 0.25) is 0 Å². The molecule has 0 aliphatic carbocycles. The Balaban J connectivity index is 1.81. The van der Waals surface area contributed by atoms with E-state index in [0.29, 0.717) is 12.6 Å². The molecule has 1 fully saturated rings. The van der Waals surface area contributed by atoms with E-state index in [-0.39, 0.29) is 6.61 Å². The van der Waals surface area contributed by atoms with Crippen molar-refractivity contribution in [2.24, 2.45) is 0 Å². The molecule has 1 aliphatic heterocycles. The average molecular weight is 241 g/mol. The lowest BCUT2D eigenvalue weighted by Crippen LogP contribution is -2.43. The van der Waals surface area contributed by atoms with E-state index >= 15 is 0 Å². The highest BCUT2D eigenvalue weighted by molar-refractivity contribution is 7.13. The molecule has 2 heterocycles. The molecule has 0 bridgehead atoms. The first-order chi connectivity index (χ1) is 7.79. The standard InChI is InChI=1S/C11H19N3OS/c1-9-8-16-11(13-9)14-5-2-10(3-6-14)12-4-7-15/h8,10,12,15H,2-7H2,1H3. The van der Waals surface area contributed by atoms with E-state index in [9.17, 15) is 0 Å². The lowest BCUT2D eigenvalue weighted by atomic mass is 10.1. The first-order valence-electron chi connectivity index (χ1n) is 5.81. The number of nitrogens with one attached hydrogen (secondary N) is 1. The van der Waals surface area contributed by atoms with Crippen molar-refractivity contribution in [3.05, 3.63) is 11.1 Å². The SMILES string of the molecule is Cc1csc(N2CCC(NCCO)CC2)n1. The van der Waals surface area contributed by atoms with Gasteiger partial charge in [0.25, 0.3) is 0 Å². The summed E-state index contributed by atoms with van der Waals surface area (Å²) >= 11 is 1.73. The number of piperidine rings is 1. The highest BCUT2D eigenvalue weighted by atomic mass is 32.1. The number of aliphatic hydroxyl groups is 1. The predicted molar refractivity (Wildman–Crippen MR) is 67.2 cm³/mol. The van der Waals surface area contributed by atoms with Crippen molar-refractivity contribution in [1.82, 2.24) is 10.3 Å². The highest BCUT2D eigenvalue weighted by Gasteiger charge is 2.20. The van der Waals surface area contributed by atoms with Gasteiger partial charge in [-0.05, 0) is 19.8 Å². The molecule has 2 N–H and O–H groups in total. The molecular formula is C11H19N3OS. The number of aryl methyl sites for hydroxylation is 1. The monoisotopic (exact) mass is 241 g/mol. The summed E-state index contributed by atoms with van der Waals surface area (Å²) in [4.78, 5) is 6.86. The van der Waals surface area contributed by atoms with Gasteiger partial charge in [0.05, 0.1) is 12.3 Å². The number of aliphatic hydroxyl groups excluding tert-OH is 1. The van der Waals surface area contributed by atoms with E-state index in [1.54, 1.807) is 11.3 Å². The van der Waals surface area contributed by atoms with Crippen LogP contribution in [0.4, 0.5) is 5.13 Å². The number of hydrogen-bond acceptors (Lipinski definition) is 5. The molecule has 5 heteroatoms. The maximum absolute atomic E-state index is 8.75. The van der Waals surface area contributed by atoms with E-state index in [0.717, 1.165) is 36.8 Å². The summed E-state index contributed by atoms with van der Waals surface area (Å²) in [5, 5.41) is 15.4. The fourth-order valence-electron chi connectivity index (χ4n) is 2.03. The van der Waals surface area contributed by atoms with Crippen LogP contribution in [0.3, 0.4) is 0 Å². The molecule has 0 aromatic carbocycles. The van der Waals surface area contributed by atoms with Crippen LogP contribution in [-0.4, -0.2) is 42.4 Å². The molecule has 2 rings (SSSR count). The maximum Gasteiger partial charge on any atom is 0.185 e. The van der Waals surface area contributed by atoms with Crippen LogP contribution < -0.4 is 10.2 Å². The van der Waals surface area contributed by atoms with Crippen molar-refractivity contribution < 1.29 is 5.11 Å². The normalized spacial score (nSPS) is 18.0. The third-order valence-corrected chi connectivity index (χ3v) is 3.94. The smallest absolute Gasteiger partial charge is 0.185 e. The van der Waals surface area contributed by atoms with Crippen LogP contribution in [-0.2, 0) is 0 Å². The maximum atomic E-state index is 8.75. The Kier molecular flexibility index (Phi) is 4.15. The van der Waals surface area contributed by atoms with Gasteiger partial charge in [-0.2, -0.15) is 0 Å². The molecule has 4 nitrogen and oxygen atoms in total. The first kappa shape index (κ1) is 11.8. The van der Waals surface area contributed by atoms with E-state index < -0.39 is 0 Å². The largest absolute Gasteiger partial charge is 0.395 e. The number of rotatable bonds is 4. The van der Waals surface area contributed by atoms with E-state index in [1.807, 2.05) is 6.92 Å². The van der Waals surface area contributed by atoms with E-state index in [1.165, 1.54) is 0 Å². The molecule has 0 atom stereocenters. The molecule has 90 valence electrons. The van der Waals surface area contributed by atoms with Crippen LogP contribution in [0.1, 0.15) is 18.5 Å². The van der Waals surface area contributed by atoms with Crippen LogP contribution in [0.25, 0.3) is 0 Å². The van der Waals surface area contributed by atoms with Crippen molar-refractivity contribution in [3.8, 4) is 0 Å². The second-order valence-electron chi connectivity index (χ2n) is 4.21. The van der Waals surface area contributed by atoms with Crippen LogP contribution >= 0.6 is 11.3 Å². The molecule has 1 aliphatic rings. The number of hydrogen-bond donors (Lipinski definition) is 2. The Labute approximate surface area is 100 Å². The average Bonchev–Trinajstić information content (AvgIpc) is 2.74. The van der Waals surface area contributed by atoms with Crippen molar-refractivity contribution in [1.29, 1.82) is 0 Å². The molecular weight excluding hydrogens is 222 g/mol. The van der Waals surface area contributed by atoms with Gasteiger partial charge < -0.3 is 15.3 Å². The van der Waals surface area contributed by atoms with Crippen molar-refractivity contribution in [2.75, 3.05) is 31.1 Å². The lowest BCUT2D eigenvalue weighted by molar-refractivity contribution is 0.277. The summed E-state index contributed by atoms with van der Waals surface area (Å²) in [6, 6.07) is 0.560. The van der Waals surface area contributed by atoms with Crippen LogP contribution in [0.5, 0.6) is 0 Å². The van der Waals surface area contributed by atoms with Gasteiger partial charge in [-0.1, -0.05) is 0 Å². The van der Waals surface area contributed by atoms with Crippen LogP contribution in [0.15, 0.2) is 5.38 Å². The molecule has 0 spiro atoms. The summed E-state index contributed by atoms with van der Waals surface area (Å²) in [6.45, 7) is 5.11. The van der Waals surface area contributed by atoms with Gasteiger partial charge in [0.15, 0.2) is 5.13 Å². The zero-order valence-electron chi connectivity index (χ0n) is 9.65. The number of nitrogens with zero attached hydrogens (tertiary/aromatic N) is 2. The third kappa shape index (κ3) is 2.93. The van der Waals surface area contributed by atoms with Crippen LogP contribution in [0, 0.1) is 6.92 Å². The van der Waals surface area contributed by atoms with E-state index in [2.05, 4.69) is 20.6 Å². The molecule has 0 saturated carbocycles. The number of thiazole rings is 1. The Morgan fingerprint density at radius 3 is 2.88 bits per heavy atom. The molecule has 16 heavy (non-hydrogen) atoms. The Hall–Kier alpha value is -0.650. The zero-order valence-corrected chi connectivity index (χ0v) is 10.5. The van der Waals surface area contributed by atoms with Gasteiger partial charge in [0.1, 0.15) is 0 Å². The van der Waals surface area contributed by atoms with Crippen LogP contribution in [0.2, 0.25) is 0 Å². The Bertz CT molecular complexity index is 321. The van der Waals surface area contributed by atoms with Gasteiger partial charge >= 0.3 is 0 Å². The molecule has 1 saturated heterocycles. The lowest BCUT2D eigenvalue weighted by Gasteiger charge is -2.32. The quantitative estimate of drug-likeness (QED) is 0.826. The Morgan fingerprint density at radius 1 is 1.56 bits per heavy atom. The van der Waals surface area contributed by atoms with Crippen molar-refractivity contribution in [2.45, 2.75) is 25.8 Å². The Morgan fingerprint density at radius 2 is 2.31 bits per heavy atom. The second kappa shape index (κ2) is 5.61. The molecule has 0 amide bonds. The summed E-state index contributed by atoms with van der Waals surface area (Å²) in [7, 11) is 0. The number of anilines is 1. The topological polar surface area (TPSA) is 48.4 Å². The summed E-state index contributed by atoms with van der Waals surface area (Å²) in [6.07, 6.45) is 2.28. The molecule has 1 aromatic rings. The summed E-state index contributed by atoms with van der Waals surface area (Å²) in [5.74, 6) is 0. The van der Waals surface area contributed by atoms with Gasteiger partial charge in [-0.25, -0.2) is 4.98 Å². The predicted octanol–water partition coefficient (Wildman–Crippen LogP) is 1.00. The third-order valence-electron chi connectivity index (χ3n) is 2.92. The van der Waals surface area contributed by atoms with Gasteiger partial charge in [-0.15, -0.1) is 11.3 Å². The zero-order chi connectivity index (χ0) is 11.4. The van der Waals surface area contributed by atoms with Gasteiger partial charge in [0, 0.05) is 31.1 Å². The fraction of sp³-hybridized carbons (Fsp3) is 0.727. The minimum absolute atomic E-state index is 0.228. The van der Waals surface area contributed by atoms with E-state index in [4.69, 9.17) is 5.11 Å². The first-order valence-corrected chi connectivity index (χ1v) is 6.69. The van der Waals surface area contributed by atoms with Crippen molar-refractivity contribution in [3.63, 3.8) is 0 Å². The second-order valence-corrected chi connectivity index (χ2v) is 5.05. The molecule has 0 radical (unpaired) electrons. The molecule has 1 aromatic heterocycles. The molecule has 0 unspecified atom stereocenters. The van der Waals surface area contributed by atoms with Crippen molar-refractivity contribution >= 4 is 16.5 Å². The van der Waals surface area contributed by atoms with Gasteiger partial charge in [-0.3, -0.25) is 0 Å². The fourth-order valence-corrected chi connectivity index (χ4v) is 2.89. The minimum atomic E-state index is 0.228. The number of aromatic nitrogens is 1. The minimum Gasteiger partial charge on any atom is -0.395 e. The highest BCUT2D eigenvalue weighted by Crippen LogP contribution is 2.23.